The molecule has 1 aromatic heterocycles. The van der Waals surface area contributed by atoms with E-state index in [-0.39, 0.29) is 0 Å². The Bertz CT molecular complexity index is 792. The van der Waals surface area contributed by atoms with Crippen LogP contribution >= 0.6 is 0 Å². The Hall–Kier alpha value is -2.96. The Labute approximate surface area is 160 Å². The monoisotopic (exact) mass is 372 g/mol. The molecule has 7 heteroatoms. The van der Waals surface area contributed by atoms with E-state index in [1.54, 1.807) is 21.3 Å². The van der Waals surface area contributed by atoms with Gasteiger partial charge in [0.05, 0.1) is 26.5 Å². The predicted octanol–water partition coefficient (Wildman–Crippen LogP) is 2.90. The normalized spacial score (nSPS) is 11.2. The van der Waals surface area contributed by atoms with Crippen molar-refractivity contribution in [2.45, 2.75) is 33.4 Å². The van der Waals surface area contributed by atoms with Crippen LogP contribution in [0.2, 0.25) is 0 Å². The number of allylic oxidation sites excluding steroid dienone is 1. The average Bonchev–Trinajstić information content (AvgIpc) is 2.99. The molecule has 0 aliphatic heterocycles. The molecule has 7 nitrogen and oxygen atoms in total. The molecule has 2 N–H and O–H groups in total. The van der Waals surface area contributed by atoms with E-state index in [1.807, 2.05) is 26.0 Å². The molecule has 146 valence electrons. The molecule has 0 saturated carbocycles. The molecule has 1 heterocycles. The second kappa shape index (κ2) is 9.66. The number of oxazole rings is 1. The summed E-state index contributed by atoms with van der Waals surface area (Å²) in [6, 6.07) is 4.02. The Morgan fingerprint density at radius 1 is 1.22 bits per heavy atom. The SMILES string of the molecule is C=CCc1cc(CNC(=NC)NCc2nc(C)c(C)o2)cc(OC)c1OC. The van der Waals surface area contributed by atoms with Crippen LogP contribution < -0.4 is 20.1 Å². The van der Waals surface area contributed by atoms with Gasteiger partial charge in [0, 0.05) is 19.2 Å². The van der Waals surface area contributed by atoms with Crippen molar-refractivity contribution in [3.8, 4) is 11.5 Å². The summed E-state index contributed by atoms with van der Waals surface area (Å²) >= 11 is 0. The predicted molar refractivity (Wildman–Crippen MR) is 106 cm³/mol. The van der Waals surface area contributed by atoms with Crippen LogP contribution in [0.3, 0.4) is 0 Å². The van der Waals surface area contributed by atoms with Crippen LogP contribution in [0, 0.1) is 13.8 Å². The molecule has 0 radical (unpaired) electrons. The van der Waals surface area contributed by atoms with Crippen LogP contribution in [0.4, 0.5) is 0 Å². The number of methoxy groups -OCH3 is 2. The van der Waals surface area contributed by atoms with Gasteiger partial charge >= 0.3 is 0 Å². The van der Waals surface area contributed by atoms with E-state index in [0.717, 1.165) is 28.3 Å². The van der Waals surface area contributed by atoms with E-state index in [0.29, 0.717) is 37.1 Å². The lowest BCUT2D eigenvalue weighted by Gasteiger charge is -2.16. The maximum Gasteiger partial charge on any atom is 0.214 e. The molecule has 0 aliphatic rings. The van der Waals surface area contributed by atoms with Gasteiger partial charge in [-0.2, -0.15) is 0 Å². The third kappa shape index (κ3) is 5.26. The van der Waals surface area contributed by atoms with Gasteiger partial charge in [0.15, 0.2) is 17.5 Å². The Kier molecular flexibility index (Phi) is 7.28. The Balaban J connectivity index is 2.04. The van der Waals surface area contributed by atoms with Crippen molar-refractivity contribution in [3.63, 3.8) is 0 Å². The molecular formula is C20H28N4O3. The summed E-state index contributed by atoms with van der Waals surface area (Å²) in [7, 11) is 4.99. The van der Waals surface area contributed by atoms with Crippen molar-refractivity contribution >= 4 is 5.96 Å². The van der Waals surface area contributed by atoms with Gasteiger partial charge in [-0.15, -0.1) is 6.58 Å². The summed E-state index contributed by atoms with van der Waals surface area (Å²) in [5.74, 6) is 3.55. The van der Waals surface area contributed by atoms with Gasteiger partial charge in [0.25, 0.3) is 0 Å². The zero-order valence-corrected chi connectivity index (χ0v) is 16.7. The number of rotatable bonds is 8. The van der Waals surface area contributed by atoms with Gasteiger partial charge < -0.3 is 24.5 Å². The number of aryl methyl sites for hydroxylation is 2. The summed E-state index contributed by atoms with van der Waals surface area (Å²) in [4.78, 5) is 8.59. The average molecular weight is 372 g/mol. The third-order valence-electron chi connectivity index (χ3n) is 4.14. The van der Waals surface area contributed by atoms with Crippen LogP contribution in [-0.2, 0) is 19.5 Å². The van der Waals surface area contributed by atoms with Crippen LogP contribution in [0.1, 0.15) is 28.5 Å². The minimum atomic E-state index is 0.460. The lowest BCUT2D eigenvalue weighted by atomic mass is 10.1. The number of ether oxygens (including phenoxy) is 2. The lowest BCUT2D eigenvalue weighted by Crippen LogP contribution is -2.36. The smallest absolute Gasteiger partial charge is 0.214 e. The molecule has 0 saturated heterocycles. The van der Waals surface area contributed by atoms with E-state index < -0.39 is 0 Å². The van der Waals surface area contributed by atoms with Crippen molar-refractivity contribution in [2.75, 3.05) is 21.3 Å². The number of aromatic nitrogens is 1. The fourth-order valence-corrected chi connectivity index (χ4v) is 2.70. The summed E-state index contributed by atoms with van der Waals surface area (Å²) in [5, 5.41) is 6.48. The first-order valence-corrected chi connectivity index (χ1v) is 8.74. The van der Waals surface area contributed by atoms with Gasteiger partial charge in [-0.25, -0.2) is 4.98 Å². The second-order valence-corrected chi connectivity index (χ2v) is 6.01. The first kappa shape index (κ1) is 20.4. The largest absolute Gasteiger partial charge is 0.493 e. The van der Waals surface area contributed by atoms with Crippen LogP contribution in [0.5, 0.6) is 11.5 Å². The quantitative estimate of drug-likeness (QED) is 0.421. The number of nitrogens with one attached hydrogen (secondary N) is 2. The Morgan fingerprint density at radius 3 is 2.52 bits per heavy atom. The topological polar surface area (TPSA) is 80.9 Å². The van der Waals surface area contributed by atoms with Gasteiger partial charge in [0.2, 0.25) is 5.89 Å². The number of hydrogen-bond donors (Lipinski definition) is 2. The highest BCUT2D eigenvalue weighted by Crippen LogP contribution is 2.33. The lowest BCUT2D eigenvalue weighted by molar-refractivity contribution is 0.352. The van der Waals surface area contributed by atoms with E-state index in [1.165, 1.54) is 0 Å². The minimum absolute atomic E-state index is 0.460. The van der Waals surface area contributed by atoms with Crippen molar-refractivity contribution < 1.29 is 13.9 Å². The summed E-state index contributed by atoms with van der Waals surface area (Å²) in [6.07, 6.45) is 2.54. The molecule has 0 amide bonds. The first-order chi connectivity index (χ1) is 13.0. The summed E-state index contributed by atoms with van der Waals surface area (Å²) < 4.78 is 16.5. The van der Waals surface area contributed by atoms with Crippen LogP contribution in [-0.4, -0.2) is 32.2 Å². The Morgan fingerprint density at radius 2 is 1.96 bits per heavy atom. The summed E-state index contributed by atoms with van der Waals surface area (Å²) in [5.41, 5.74) is 2.97. The van der Waals surface area contributed by atoms with Gasteiger partial charge in [-0.05, 0) is 38.0 Å². The molecule has 0 atom stereocenters. The van der Waals surface area contributed by atoms with Gasteiger partial charge in [-0.3, -0.25) is 4.99 Å². The highest BCUT2D eigenvalue weighted by Gasteiger charge is 2.12. The number of aliphatic imine (C=N–C) groups is 1. The molecular weight excluding hydrogens is 344 g/mol. The highest BCUT2D eigenvalue weighted by atomic mass is 16.5. The van der Waals surface area contributed by atoms with E-state index in [4.69, 9.17) is 13.9 Å². The molecule has 27 heavy (non-hydrogen) atoms. The van der Waals surface area contributed by atoms with Gasteiger partial charge in [-0.1, -0.05) is 6.08 Å². The number of benzene rings is 1. The van der Waals surface area contributed by atoms with Crippen LogP contribution in [0.25, 0.3) is 0 Å². The molecule has 2 rings (SSSR count). The second-order valence-electron chi connectivity index (χ2n) is 6.01. The molecule has 0 aliphatic carbocycles. The molecule has 1 aromatic carbocycles. The van der Waals surface area contributed by atoms with Crippen molar-refractivity contribution in [3.05, 3.63) is 53.3 Å². The minimum Gasteiger partial charge on any atom is -0.493 e. The third-order valence-corrected chi connectivity index (χ3v) is 4.14. The van der Waals surface area contributed by atoms with Gasteiger partial charge in [0.1, 0.15) is 5.76 Å². The van der Waals surface area contributed by atoms with E-state index >= 15 is 0 Å². The molecule has 0 bridgehead atoms. The maximum absolute atomic E-state index is 5.57. The highest BCUT2D eigenvalue weighted by molar-refractivity contribution is 5.79. The number of hydrogen-bond acceptors (Lipinski definition) is 5. The molecule has 2 aromatic rings. The van der Waals surface area contributed by atoms with Crippen LogP contribution in [0.15, 0.2) is 34.2 Å². The number of nitrogens with zero attached hydrogens (tertiary/aromatic N) is 2. The van der Waals surface area contributed by atoms with Crippen molar-refractivity contribution in [1.29, 1.82) is 0 Å². The molecule has 0 fully saturated rings. The molecule has 0 spiro atoms. The molecule has 0 unspecified atom stereocenters. The first-order valence-electron chi connectivity index (χ1n) is 8.74. The fraction of sp³-hybridized carbons (Fsp3) is 0.400. The zero-order valence-electron chi connectivity index (χ0n) is 16.7. The summed E-state index contributed by atoms with van der Waals surface area (Å²) in [6.45, 7) is 8.67. The van der Waals surface area contributed by atoms with E-state index in [9.17, 15) is 0 Å². The standard InChI is InChI=1S/C20H28N4O3/c1-7-8-16-9-15(10-17(25-5)19(16)26-6)11-22-20(21-4)23-12-18-24-13(2)14(3)27-18/h7,9-10H,1,8,11-12H2,2-6H3,(H2,21,22,23). The number of guanidine groups is 1. The maximum atomic E-state index is 5.57. The van der Waals surface area contributed by atoms with Crippen molar-refractivity contribution in [1.82, 2.24) is 15.6 Å². The fourth-order valence-electron chi connectivity index (χ4n) is 2.70. The zero-order chi connectivity index (χ0) is 19.8. The van der Waals surface area contributed by atoms with E-state index in [2.05, 4.69) is 33.3 Å². The van der Waals surface area contributed by atoms with Crippen molar-refractivity contribution in [2.24, 2.45) is 4.99 Å².